The third-order valence-electron chi connectivity index (χ3n) is 4.73. The molecule has 3 rings (SSSR count). The quantitative estimate of drug-likeness (QED) is 0.892. The van der Waals surface area contributed by atoms with E-state index in [2.05, 4.69) is 15.5 Å². The van der Waals surface area contributed by atoms with Crippen LogP contribution in [0.5, 0.6) is 0 Å². The van der Waals surface area contributed by atoms with Gasteiger partial charge in [0.2, 0.25) is 5.91 Å². The molecule has 2 N–H and O–H groups in total. The summed E-state index contributed by atoms with van der Waals surface area (Å²) >= 11 is 0. The number of carbonyl (C=O) groups excluding carboxylic acids is 1. The van der Waals surface area contributed by atoms with Gasteiger partial charge in [0.05, 0.1) is 11.7 Å². The summed E-state index contributed by atoms with van der Waals surface area (Å²) in [6, 6.07) is 7.61. The number of hydrogen-bond donors (Lipinski definition) is 2. The average Bonchev–Trinajstić information content (AvgIpc) is 3.13. The van der Waals surface area contributed by atoms with E-state index >= 15 is 0 Å². The molecule has 0 aliphatic heterocycles. The zero-order valence-electron chi connectivity index (χ0n) is 14.0. The number of aromatic amines is 1. The van der Waals surface area contributed by atoms with Crippen molar-refractivity contribution in [3.05, 3.63) is 46.8 Å². The Morgan fingerprint density at radius 2 is 2.17 bits per heavy atom. The molecule has 5 nitrogen and oxygen atoms in total. The van der Waals surface area contributed by atoms with Crippen LogP contribution in [0.4, 0.5) is 5.69 Å². The van der Waals surface area contributed by atoms with Crippen LogP contribution in [-0.2, 0) is 24.2 Å². The Morgan fingerprint density at radius 1 is 1.39 bits per heavy atom. The van der Waals surface area contributed by atoms with Crippen LogP contribution in [-0.4, -0.2) is 34.1 Å². The molecule has 5 heteroatoms. The predicted molar refractivity (Wildman–Crippen MR) is 91.4 cm³/mol. The normalized spacial score (nSPS) is 14.8. The van der Waals surface area contributed by atoms with Gasteiger partial charge in [0.15, 0.2) is 0 Å². The van der Waals surface area contributed by atoms with Crippen molar-refractivity contribution < 1.29 is 4.79 Å². The molecule has 0 unspecified atom stereocenters. The molecule has 1 aliphatic rings. The zero-order chi connectivity index (χ0) is 16.4. The monoisotopic (exact) mass is 312 g/mol. The van der Waals surface area contributed by atoms with E-state index in [1.54, 1.807) is 0 Å². The minimum atomic E-state index is -0.219. The Morgan fingerprint density at radius 3 is 2.96 bits per heavy atom. The second-order valence-electron chi connectivity index (χ2n) is 6.38. The molecule has 23 heavy (non-hydrogen) atoms. The summed E-state index contributed by atoms with van der Waals surface area (Å²) in [4.78, 5) is 14.5. The van der Waals surface area contributed by atoms with Crippen LogP contribution in [0, 0.1) is 6.92 Å². The standard InChI is InChI=1S/C18H24N4O/c1-12-7-4-5-9-15(12)19-18(23)13(2)22(3)11-17-14-8-6-10-16(14)20-21-17/h4-5,7,9,13H,6,8,10-11H2,1-3H3,(H,19,23)(H,20,21)/t13-/m0/s1. The van der Waals surface area contributed by atoms with Crippen molar-refractivity contribution in [2.24, 2.45) is 0 Å². The van der Waals surface area contributed by atoms with Gasteiger partial charge < -0.3 is 5.32 Å². The molecule has 0 fully saturated rings. The SMILES string of the molecule is Cc1ccccc1NC(=O)[C@H](C)N(C)Cc1n[nH]c2c1CCC2. The lowest BCUT2D eigenvalue weighted by Crippen LogP contribution is -2.39. The van der Waals surface area contributed by atoms with Crippen LogP contribution in [0.15, 0.2) is 24.3 Å². The average molecular weight is 312 g/mol. The summed E-state index contributed by atoms with van der Waals surface area (Å²) < 4.78 is 0. The molecule has 0 spiro atoms. The Bertz CT molecular complexity index is 707. The maximum atomic E-state index is 12.5. The Balaban J connectivity index is 1.63. The summed E-state index contributed by atoms with van der Waals surface area (Å²) in [5.74, 6) is 0.00832. The van der Waals surface area contributed by atoms with Crippen molar-refractivity contribution in [1.82, 2.24) is 15.1 Å². The molecule has 1 aromatic heterocycles. The number of fused-ring (bicyclic) bond motifs is 1. The van der Waals surface area contributed by atoms with Gasteiger partial charge in [-0.15, -0.1) is 0 Å². The van der Waals surface area contributed by atoms with E-state index in [1.165, 1.54) is 17.7 Å². The highest BCUT2D eigenvalue weighted by Crippen LogP contribution is 2.24. The van der Waals surface area contributed by atoms with Crippen molar-refractivity contribution in [3.63, 3.8) is 0 Å². The van der Waals surface area contributed by atoms with E-state index < -0.39 is 0 Å². The van der Waals surface area contributed by atoms with Gasteiger partial charge in [-0.2, -0.15) is 5.10 Å². The maximum Gasteiger partial charge on any atom is 0.241 e. The zero-order valence-corrected chi connectivity index (χ0v) is 14.0. The number of aryl methyl sites for hydroxylation is 2. The van der Waals surface area contributed by atoms with Gasteiger partial charge in [-0.1, -0.05) is 18.2 Å². The summed E-state index contributed by atoms with van der Waals surface area (Å²) in [7, 11) is 1.97. The molecule has 122 valence electrons. The van der Waals surface area contributed by atoms with Gasteiger partial charge in [0.1, 0.15) is 0 Å². The van der Waals surface area contributed by atoms with Gasteiger partial charge in [0.25, 0.3) is 0 Å². The Labute approximate surface area is 137 Å². The molecule has 1 heterocycles. The van der Waals surface area contributed by atoms with Gasteiger partial charge in [-0.05, 0) is 57.4 Å². The second kappa shape index (κ2) is 6.54. The number of benzene rings is 1. The van der Waals surface area contributed by atoms with Crippen LogP contribution >= 0.6 is 0 Å². The fourth-order valence-electron chi connectivity index (χ4n) is 3.04. The fraction of sp³-hybridized carbons (Fsp3) is 0.444. The van der Waals surface area contributed by atoms with Crippen LogP contribution in [0.1, 0.15) is 35.9 Å². The van der Waals surface area contributed by atoms with Crippen LogP contribution in [0.25, 0.3) is 0 Å². The fourth-order valence-corrected chi connectivity index (χ4v) is 3.04. The summed E-state index contributed by atoms with van der Waals surface area (Å²) in [6.45, 7) is 4.62. The first-order valence-corrected chi connectivity index (χ1v) is 8.18. The van der Waals surface area contributed by atoms with E-state index in [9.17, 15) is 4.79 Å². The third-order valence-corrected chi connectivity index (χ3v) is 4.73. The molecular weight excluding hydrogens is 288 g/mol. The number of aromatic nitrogens is 2. The number of nitrogens with one attached hydrogen (secondary N) is 2. The highest BCUT2D eigenvalue weighted by molar-refractivity contribution is 5.95. The molecular formula is C18H24N4O. The largest absolute Gasteiger partial charge is 0.324 e. The van der Waals surface area contributed by atoms with Gasteiger partial charge in [0, 0.05) is 17.9 Å². The molecule has 0 radical (unpaired) electrons. The molecule has 1 aromatic carbocycles. The van der Waals surface area contributed by atoms with Gasteiger partial charge in [-0.25, -0.2) is 0 Å². The van der Waals surface area contributed by atoms with E-state index in [0.29, 0.717) is 6.54 Å². The summed E-state index contributed by atoms with van der Waals surface area (Å²) in [5.41, 5.74) is 5.64. The number of para-hydroxylation sites is 1. The van der Waals surface area contributed by atoms with Crippen molar-refractivity contribution >= 4 is 11.6 Å². The molecule has 0 saturated heterocycles. The number of anilines is 1. The number of likely N-dealkylation sites (N-methyl/N-ethyl adjacent to an activating group) is 1. The second-order valence-corrected chi connectivity index (χ2v) is 6.38. The number of amides is 1. The number of H-pyrrole nitrogens is 1. The summed E-state index contributed by atoms with van der Waals surface area (Å²) in [5, 5.41) is 10.6. The predicted octanol–water partition coefficient (Wildman–Crippen LogP) is 2.67. The van der Waals surface area contributed by atoms with E-state index in [1.807, 2.05) is 50.1 Å². The Hall–Kier alpha value is -2.14. The van der Waals surface area contributed by atoms with E-state index in [-0.39, 0.29) is 11.9 Å². The Kier molecular flexibility index (Phi) is 4.48. The number of carbonyl (C=O) groups is 1. The topological polar surface area (TPSA) is 61.0 Å². The highest BCUT2D eigenvalue weighted by atomic mass is 16.2. The van der Waals surface area contributed by atoms with Gasteiger partial charge >= 0.3 is 0 Å². The number of rotatable bonds is 5. The van der Waals surface area contributed by atoms with Crippen LogP contribution in [0.3, 0.4) is 0 Å². The molecule has 1 atom stereocenters. The molecule has 2 aromatic rings. The minimum Gasteiger partial charge on any atom is -0.324 e. The van der Waals surface area contributed by atoms with Crippen molar-refractivity contribution in [2.45, 2.75) is 45.7 Å². The summed E-state index contributed by atoms with van der Waals surface area (Å²) in [6.07, 6.45) is 3.39. The van der Waals surface area contributed by atoms with Crippen molar-refractivity contribution in [1.29, 1.82) is 0 Å². The minimum absolute atomic E-state index is 0.00832. The van der Waals surface area contributed by atoms with E-state index in [4.69, 9.17) is 0 Å². The number of hydrogen-bond acceptors (Lipinski definition) is 3. The third kappa shape index (κ3) is 3.29. The maximum absolute atomic E-state index is 12.5. The number of nitrogens with zero attached hydrogens (tertiary/aromatic N) is 2. The molecule has 0 bridgehead atoms. The molecule has 1 amide bonds. The smallest absolute Gasteiger partial charge is 0.241 e. The van der Waals surface area contributed by atoms with Crippen molar-refractivity contribution in [2.75, 3.05) is 12.4 Å². The first kappa shape index (κ1) is 15.7. The first-order chi connectivity index (χ1) is 11.1. The van der Waals surface area contributed by atoms with Crippen LogP contribution < -0.4 is 5.32 Å². The van der Waals surface area contributed by atoms with Gasteiger partial charge in [-0.3, -0.25) is 14.8 Å². The molecule has 0 saturated carbocycles. The highest BCUT2D eigenvalue weighted by Gasteiger charge is 2.23. The van der Waals surface area contributed by atoms with E-state index in [0.717, 1.165) is 29.8 Å². The lowest BCUT2D eigenvalue weighted by atomic mass is 10.1. The van der Waals surface area contributed by atoms with Crippen LogP contribution in [0.2, 0.25) is 0 Å². The van der Waals surface area contributed by atoms with Crippen molar-refractivity contribution in [3.8, 4) is 0 Å². The lowest BCUT2D eigenvalue weighted by Gasteiger charge is -2.23. The molecule has 1 aliphatic carbocycles. The first-order valence-electron chi connectivity index (χ1n) is 8.18. The lowest BCUT2D eigenvalue weighted by molar-refractivity contribution is -0.120.